The van der Waals surface area contributed by atoms with Crippen LogP contribution in [0.25, 0.3) is 0 Å². The van der Waals surface area contributed by atoms with E-state index >= 15 is 0 Å². The van der Waals surface area contributed by atoms with E-state index in [-0.39, 0.29) is 17.9 Å². The molecule has 1 saturated heterocycles. The number of nitrogens with one attached hydrogen (secondary N) is 2. The number of aliphatic hydroxyl groups is 1. The van der Waals surface area contributed by atoms with Gasteiger partial charge in [-0.05, 0) is 18.6 Å². The summed E-state index contributed by atoms with van der Waals surface area (Å²) in [4.78, 5) is 38.1. The number of hydrogen-bond donors (Lipinski definition) is 3. The van der Waals surface area contributed by atoms with E-state index in [1.807, 2.05) is 0 Å². The standard InChI is InChI=1S/C19H23N3O7S/c1-2-12-10-22(19(26)21-18(12)25)17-8-14(23)15(29-17)9-20-16(24)11-30(27,28)13-6-4-3-5-7-13/h3-7,10,14-15,17,23H,2,8-9,11H2,1H3,(H,20,24)(H,21,25,26)/t14?,15-,17-/m0/s1. The highest BCUT2D eigenvalue weighted by molar-refractivity contribution is 7.92. The van der Waals surface area contributed by atoms with E-state index in [4.69, 9.17) is 4.74 Å². The molecule has 0 aliphatic carbocycles. The summed E-state index contributed by atoms with van der Waals surface area (Å²) in [6.45, 7) is 1.64. The highest BCUT2D eigenvalue weighted by Gasteiger charge is 2.36. The molecule has 2 heterocycles. The van der Waals surface area contributed by atoms with Gasteiger partial charge < -0.3 is 15.2 Å². The van der Waals surface area contributed by atoms with Crippen LogP contribution in [0.1, 0.15) is 25.1 Å². The second kappa shape index (κ2) is 8.94. The van der Waals surface area contributed by atoms with Crippen molar-refractivity contribution in [1.29, 1.82) is 0 Å². The van der Waals surface area contributed by atoms with E-state index in [1.165, 1.54) is 22.9 Å². The van der Waals surface area contributed by atoms with Gasteiger partial charge in [0, 0.05) is 24.7 Å². The highest BCUT2D eigenvalue weighted by atomic mass is 32.2. The average Bonchev–Trinajstić information content (AvgIpc) is 3.07. The molecule has 3 atom stereocenters. The molecule has 1 aliphatic heterocycles. The van der Waals surface area contributed by atoms with Crippen LogP contribution in [0.4, 0.5) is 0 Å². The lowest BCUT2D eigenvalue weighted by atomic mass is 10.2. The lowest BCUT2D eigenvalue weighted by Gasteiger charge is -2.17. The number of carbonyl (C=O) groups excluding carboxylic acids is 1. The fourth-order valence-corrected chi connectivity index (χ4v) is 4.40. The molecule has 1 aromatic heterocycles. The largest absolute Gasteiger partial charge is 0.390 e. The molecule has 0 radical (unpaired) electrons. The first-order chi connectivity index (χ1) is 14.2. The Morgan fingerprint density at radius 1 is 1.30 bits per heavy atom. The molecule has 1 unspecified atom stereocenters. The van der Waals surface area contributed by atoms with Crippen LogP contribution in [0.2, 0.25) is 0 Å². The molecule has 1 fully saturated rings. The molecule has 0 spiro atoms. The summed E-state index contributed by atoms with van der Waals surface area (Å²) >= 11 is 0. The number of aryl methyl sites for hydroxylation is 1. The van der Waals surface area contributed by atoms with Crippen molar-refractivity contribution >= 4 is 15.7 Å². The van der Waals surface area contributed by atoms with Crippen molar-refractivity contribution in [3.05, 3.63) is 62.9 Å². The number of rotatable bonds is 7. The van der Waals surface area contributed by atoms with Gasteiger partial charge in [0.25, 0.3) is 5.56 Å². The minimum absolute atomic E-state index is 0.0431. The first-order valence-electron chi connectivity index (χ1n) is 9.43. The summed E-state index contributed by atoms with van der Waals surface area (Å²) in [6, 6.07) is 7.62. The van der Waals surface area contributed by atoms with Gasteiger partial charge in [-0.25, -0.2) is 13.2 Å². The third-order valence-corrected chi connectivity index (χ3v) is 6.49. The van der Waals surface area contributed by atoms with Crippen LogP contribution in [0.3, 0.4) is 0 Å². The number of ether oxygens (including phenoxy) is 1. The Morgan fingerprint density at radius 3 is 2.67 bits per heavy atom. The molecule has 3 rings (SSSR count). The lowest BCUT2D eigenvalue weighted by Crippen LogP contribution is -2.39. The predicted octanol–water partition coefficient (Wildman–Crippen LogP) is -0.662. The van der Waals surface area contributed by atoms with Gasteiger partial charge in [-0.3, -0.25) is 19.1 Å². The Bertz CT molecular complexity index is 1120. The lowest BCUT2D eigenvalue weighted by molar-refractivity contribution is -0.119. The number of H-pyrrole nitrogens is 1. The Kier molecular flexibility index (Phi) is 6.54. The van der Waals surface area contributed by atoms with Gasteiger partial charge in [0.1, 0.15) is 18.1 Å². The molecule has 1 aliphatic rings. The SMILES string of the molecule is CCc1cn([C@@H]2CC(O)[C@H](CNC(=O)CS(=O)(=O)c3ccccc3)O2)c(=O)[nH]c1=O. The van der Waals surface area contributed by atoms with E-state index in [0.717, 1.165) is 0 Å². The summed E-state index contributed by atoms with van der Waals surface area (Å²) in [5, 5.41) is 12.7. The number of nitrogens with zero attached hydrogens (tertiary/aromatic N) is 1. The first-order valence-corrected chi connectivity index (χ1v) is 11.1. The zero-order valence-corrected chi connectivity index (χ0v) is 17.1. The molecule has 30 heavy (non-hydrogen) atoms. The summed E-state index contributed by atoms with van der Waals surface area (Å²) in [5.41, 5.74) is -0.732. The monoisotopic (exact) mass is 437 g/mol. The first kappa shape index (κ1) is 21.9. The number of amides is 1. The van der Waals surface area contributed by atoms with Crippen LogP contribution in [0.5, 0.6) is 0 Å². The zero-order valence-electron chi connectivity index (χ0n) is 16.3. The van der Waals surface area contributed by atoms with Crippen molar-refractivity contribution in [2.45, 2.75) is 43.1 Å². The second-order valence-electron chi connectivity index (χ2n) is 6.98. The number of hydrogen-bond acceptors (Lipinski definition) is 7. The number of sulfone groups is 1. The molecule has 11 heteroatoms. The number of aliphatic hydroxyl groups excluding tert-OH is 1. The van der Waals surface area contributed by atoms with Crippen molar-refractivity contribution in [1.82, 2.24) is 14.9 Å². The minimum atomic E-state index is -3.78. The van der Waals surface area contributed by atoms with Gasteiger partial charge in [-0.1, -0.05) is 25.1 Å². The van der Waals surface area contributed by atoms with Gasteiger partial charge >= 0.3 is 5.69 Å². The average molecular weight is 437 g/mol. The fourth-order valence-electron chi connectivity index (χ4n) is 3.21. The van der Waals surface area contributed by atoms with E-state index in [2.05, 4.69) is 10.3 Å². The van der Waals surface area contributed by atoms with Crippen molar-refractivity contribution in [2.75, 3.05) is 12.3 Å². The van der Waals surface area contributed by atoms with Crippen LogP contribution in [0.15, 0.2) is 51.0 Å². The third-order valence-electron chi connectivity index (χ3n) is 4.86. The van der Waals surface area contributed by atoms with Crippen molar-refractivity contribution in [3.8, 4) is 0 Å². The predicted molar refractivity (Wildman–Crippen MR) is 107 cm³/mol. The summed E-state index contributed by atoms with van der Waals surface area (Å²) in [6.07, 6.45) is -0.735. The number of benzene rings is 1. The van der Waals surface area contributed by atoms with Gasteiger partial charge in [-0.2, -0.15) is 0 Å². The van der Waals surface area contributed by atoms with Crippen molar-refractivity contribution in [2.24, 2.45) is 0 Å². The zero-order chi connectivity index (χ0) is 21.9. The summed E-state index contributed by atoms with van der Waals surface area (Å²) in [7, 11) is -3.78. The summed E-state index contributed by atoms with van der Waals surface area (Å²) in [5.74, 6) is -1.46. The molecular formula is C19H23N3O7S. The minimum Gasteiger partial charge on any atom is -0.390 e. The van der Waals surface area contributed by atoms with Gasteiger partial charge in [0.05, 0.1) is 11.0 Å². The molecule has 0 saturated carbocycles. The highest BCUT2D eigenvalue weighted by Crippen LogP contribution is 2.27. The Labute approximate surface area is 172 Å². The van der Waals surface area contributed by atoms with E-state index in [1.54, 1.807) is 25.1 Å². The van der Waals surface area contributed by atoms with Crippen LogP contribution >= 0.6 is 0 Å². The van der Waals surface area contributed by atoms with Crippen molar-refractivity contribution in [3.63, 3.8) is 0 Å². The molecule has 1 aromatic carbocycles. The molecule has 0 bridgehead atoms. The maximum Gasteiger partial charge on any atom is 0.330 e. The van der Waals surface area contributed by atoms with Crippen LogP contribution in [0, 0.1) is 0 Å². The van der Waals surface area contributed by atoms with Crippen LogP contribution in [-0.2, 0) is 25.8 Å². The molecular weight excluding hydrogens is 414 g/mol. The maximum absolute atomic E-state index is 12.3. The van der Waals surface area contributed by atoms with Gasteiger partial charge in [0.15, 0.2) is 9.84 Å². The Balaban J connectivity index is 1.62. The fraction of sp³-hybridized carbons (Fsp3) is 0.421. The topological polar surface area (TPSA) is 148 Å². The molecule has 2 aromatic rings. The van der Waals surface area contributed by atoms with Gasteiger partial charge in [0.2, 0.25) is 5.91 Å². The van der Waals surface area contributed by atoms with E-state index in [9.17, 15) is 27.9 Å². The van der Waals surface area contributed by atoms with E-state index in [0.29, 0.717) is 12.0 Å². The number of carbonyl (C=O) groups is 1. The van der Waals surface area contributed by atoms with Gasteiger partial charge in [-0.15, -0.1) is 0 Å². The summed E-state index contributed by atoms with van der Waals surface area (Å²) < 4.78 is 31.4. The molecule has 1 amide bonds. The number of aromatic amines is 1. The van der Waals surface area contributed by atoms with E-state index < -0.39 is 51.2 Å². The normalized spacial score (nSPS) is 21.5. The quantitative estimate of drug-likeness (QED) is 0.521. The van der Waals surface area contributed by atoms with Crippen LogP contribution < -0.4 is 16.6 Å². The third kappa shape index (κ3) is 4.86. The number of aromatic nitrogens is 2. The Morgan fingerprint density at radius 2 is 2.00 bits per heavy atom. The maximum atomic E-state index is 12.3. The van der Waals surface area contributed by atoms with Crippen molar-refractivity contribution < 1.29 is 23.1 Å². The second-order valence-corrected chi connectivity index (χ2v) is 8.97. The Hall–Kier alpha value is -2.76. The molecule has 162 valence electrons. The van der Waals surface area contributed by atoms with Crippen LogP contribution in [-0.4, -0.2) is 53.5 Å². The smallest absolute Gasteiger partial charge is 0.330 e. The molecule has 3 N–H and O–H groups in total. The molecule has 10 nitrogen and oxygen atoms in total.